The maximum atomic E-state index is 2.28. The van der Waals surface area contributed by atoms with E-state index in [9.17, 15) is 0 Å². The predicted molar refractivity (Wildman–Crippen MR) is 90.5 cm³/mol. The molecule has 0 rings (SSSR count). The van der Waals surface area contributed by atoms with Crippen LogP contribution in [0.5, 0.6) is 0 Å². The molecular weight excluding hydrogens is 143 g/mol. The molecule has 58 valence electrons. The van der Waals surface area contributed by atoms with Crippen molar-refractivity contribution in [2.45, 2.75) is 13.2 Å². The lowest BCUT2D eigenvalue weighted by Gasteiger charge is -1.91. The summed E-state index contributed by atoms with van der Waals surface area (Å²) in [6.45, 7) is 2.28. The molecule has 0 spiro atoms. The van der Waals surface area contributed by atoms with Crippen LogP contribution in [0.25, 0.3) is 0 Å². The van der Waals surface area contributed by atoms with Gasteiger partial charge in [-0.15, -0.1) is 0 Å². The summed E-state index contributed by atoms with van der Waals surface area (Å²) in [4.78, 5) is 0. The quantitative estimate of drug-likeness (QED) is 0.220. The van der Waals surface area contributed by atoms with Gasteiger partial charge < -0.3 is 0 Å². The Morgan fingerprint density at radius 1 is 0.769 bits per heavy atom. The van der Waals surface area contributed by atoms with Crippen molar-refractivity contribution in [2.75, 3.05) is 0 Å². The first-order valence-electron chi connectivity index (χ1n) is 6.41. The standard InChI is InChI=1S/C2H17B11/c1-2-4-6-8-10-12-13-11-9-7-5-3/h4-13H,2-3H2,1H3. The van der Waals surface area contributed by atoms with Crippen LogP contribution in [0.2, 0.25) is 6.32 Å². The zero-order valence-corrected chi connectivity index (χ0v) is 9.78. The summed E-state index contributed by atoms with van der Waals surface area (Å²) in [5, 5.41) is 0. The lowest BCUT2D eigenvalue weighted by Crippen LogP contribution is -2.32. The SMILES string of the molecule is BBBBBBBBBBBCC. The van der Waals surface area contributed by atoms with Crippen molar-refractivity contribution < 1.29 is 0 Å². The van der Waals surface area contributed by atoms with Crippen molar-refractivity contribution in [1.29, 1.82) is 0 Å². The Bertz CT molecular complexity index is 74.2. The van der Waals surface area contributed by atoms with Gasteiger partial charge in [0.2, 0.25) is 0 Å². The van der Waals surface area contributed by atoms with Crippen LogP contribution in [-0.2, 0) is 0 Å². The van der Waals surface area contributed by atoms with Crippen LogP contribution >= 0.6 is 0 Å². The number of rotatable bonds is 10. The molecule has 0 fully saturated rings. The fourth-order valence-electron chi connectivity index (χ4n) is 1.74. The van der Waals surface area contributed by atoms with E-state index in [1.807, 2.05) is 0 Å². The van der Waals surface area contributed by atoms with E-state index in [1.54, 1.807) is 0 Å². The average Bonchev–Trinajstić information content (AvgIpc) is 2.16. The van der Waals surface area contributed by atoms with Crippen LogP contribution in [0.15, 0.2) is 0 Å². The van der Waals surface area contributed by atoms with Crippen LogP contribution < -0.4 is 0 Å². The molecule has 0 atom stereocenters. The minimum atomic E-state index is 1.37. The molecular formula is C2H17B11. The molecule has 11 heteroatoms. The van der Waals surface area contributed by atoms with Gasteiger partial charge in [0.1, 0.15) is 0 Å². The molecule has 0 N–H and O–H groups in total. The van der Waals surface area contributed by atoms with Gasteiger partial charge in [0, 0.05) is 63.5 Å². The Morgan fingerprint density at radius 2 is 1.23 bits per heavy atom. The summed E-state index contributed by atoms with van der Waals surface area (Å²) in [5.74, 6) is 0. The highest BCUT2D eigenvalue weighted by molar-refractivity contribution is 7.70. The van der Waals surface area contributed by atoms with Crippen molar-refractivity contribution in [3.05, 3.63) is 0 Å². The summed E-state index contributed by atoms with van der Waals surface area (Å²) in [5.41, 5.74) is 0. The maximum absolute atomic E-state index is 2.28. The molecule has 0 aliphatic heterocycles. The Hall–Kier alpha value is 0.714. The highest BCUT2D eigenvalue weighted by Gasteiger charge is 2.00. The molecule has 0 saturated carbocycles. The third-order valence-electron chi connectivity index (χ3n) is 2.71. The van der Waals surface area contributed by atoms with E-state index in [0.717, 1.165) is 0 Å². The molecule has 0 radical (unpaired) electrons. The van der Waals surface area contributed by atoms with Crippen LogP contribution in [-0.4, -0.2) is 78.5 Å². The first-order valence-corrected chi connectivity index (χ1v) is 6.41. The first-order chi connectivity index (χ1) is 6.41. The zero-order valence-electron chi connectivity index (χ0n) is 9.78. The van der Waals surface area contributed by atoms with E-state index in [2.05, 4.69) is 14.7 Å². The van der Waals surface area contributed by atoms with Crippen molar-refractivity contribution >= 4 is 78.5 Å². The summed E-state index contributed by atoms with van der Waals surface area (Å²) in [7, 11) is 16.8. The van der Waals surface area contributed by atoms with E-state index in [1.165, 1.54) is 77.0 Å². The minimum absolute atomic E-state index is 1.37. The third kappa shape index (κ3) is 12.7. The average molecular weight is 160 g/mol. The summed E-state index contributed by atoms with van der Waals surface area (Å²) < 4.78 is 0. The van der Waals surface area contributed by atoms with Crippen LogP contribution in [0.1, 0.15) is 6.92 Å². The second-order valence-corrected chi connectivity index (χ2v) is 4.18. The molecule has 0 aromatic carbocycles. The Morgan fingerprint density at radius 3 is 1.69 bits per heavy atom. The molecule has 0 nitrogen and oxygen atoms in total. The lowest BCUT2D eigenvalue weighted by atomic mass is 8.88. The molecule has 0 aliphatic carbocycles. The van der Waals surface area contributed by atoms with Gasteiger partial charge in [-0.05, 0) is 0 Å². The molecule has 0 saturated heterocycles. The van der Waals surface area contributed by atoms with Gasteiger partial charge in [-0.2, -0.15) is 0 Å². The van der Waals surface area contributed by atoms with E-state index < -0.39 is 0 Å². The van der Waals surface area contributed by atoms with Gasteiger partial charge >= 0.3 is 0 Å². The van der Waals surface area contributed by atoms with Gasteiger partial charge in [0.25, 0.3) is 0 Å². The molecule has 0 unspecified atom stereocenters. The topological polar surface area (TPSA) is 0 Å². The number of hydrogen-bond donors (Lipinski definition) is 0. The van der Waals surface area contributed by atoms with Crippen molar-refractivity contribution in [2.24, 2.45) is 0 Å². The Labute approximate surface area is 92.0 Å². The second-order valence-electron chi connectivity index (χ2n) is 4.18. The Kier molecular flexibility index (Phi) is 13.4. The lowest BCUT2D eigenvalue weighted by molar-refractivity contribution is 1.47. The fraction of sp³-hybridized carbons (Fsp3) is 1.00. The molecule has 0 heterocycles. The number of hydrogen-bond acceptors (Lipinski definition) is 0. The molecule has 13 heavy (non-hydrogen) atoms. The fourth-order valence-corrected chi connectivity index (χ4v) is 1.74. The van der Waals surface area contributed by atoms with Gasteiger partial charge in [-0.1, -0.05) is 13.2 Å². The van der Waals surface area contributed by atoms with Gasteiger partial charge in [-0.3, -0.25) is 0 Å². The third-order valence-corrected chi connectivity index (χ3v) is 2.71. The van der Waals surface area contributed by atoms with E-state index in [0.29, 0.717) is 0 Å². The first kappa shape index (κ1) is 13.7. The van der Waals surface area contributed by atoms with Crippen LogP contribution in [0.3, 0.4) is 0 Å². The van der Waals surface area contributed by atoms with E-state index in [4.69, 9.17) is 0 Å². The summed E-state index contributed by atoms with van der Waals surface area (Å²) in [6.07, 6.45) is 1.37. The van der Waals surface area contributed by atoms with E-state index >= 15 is 0 Å². The van der Waals surface area contributed by atoms with Crippen molar-refractivity contribution in [1.82, 2.24) is 0 Å². The van der Waals surface area contributed by atoms with E-state index in [-0.39, 0.29) is 0 Å². The summed E-state index contributed by atoms with van der Waals surface area (Å²) in [6, 6.07) is 0. The molecule has 0 aromatic heterocycles. The Balaban J connectivity index is 2.76. The second kappa shape index (κ2) is 12.7. The predicted octanol–water partition coefficient (Wildman–Crippen LogP) is -6.43. The monoisotopic (exact) mass is 162 g/mol. The molecule has 0 aliphatic rings. The molecule has 0 aromatic rings. The summed E-state index contributed by atoms with van der Waals surface area (Å²) >= 11 is 0. The van der Waals surface area contributed by atoms with Crippen molar-refractivity contribution in [3.63, 3.8) is 0 Å². The van der Waals surface area contributed by atoms with Gasteiger partial charge in [0.05, 0.1) is 14.9 Å². The minimum Gasteiger partial charge on any atom is -0.0881 e. The van der Waals surface area contributed by atoms with Crippen molar-refractivity contribution in [3.8, 4) is 0 Å². The van der Waals surface area contributed by atoms with Gasteiger partial charge in [-0.25, -0.2) is 0 Å². The molecule has 0 bridgehead atoms. The smallest absolute Gasteiger partial charge is 0.0772 e. The van der Waals surface area contributed by atoms with Crippen LogP contribution in [0, 0.1) is 0 Å². The maximum Gasteiger partial charge on any atom is 0.0772 e. The zero-order chi connectivity index (χ0) is 9.78. The van der Waals surface area contributed by atoms with Crippen LogP contribution in [0.4, 0.5) is 0 Å². The largest absolute Gasteiger partial charge is 0.0881 e. The molecule has 0 amide bonds. The van der Waals surface area contributed by atoms with Gasteiger partial charge in [0.15, 0.2) is 0 Å². The highest BCUT2D eigenvalue weighted by Crippen LogP contribution is 1.67. The normalized spacial score (nSPS) is 7.46. The highest BCUT2D eigenvalue weighted by atomic mass is 13.3.